The normalized spacial score (nSPS) is 11.0. The zero-order chi connectivity index (χ0) is 22.4. The molecule has 8 nitrogen and oxygen atoms in total. The maximum Gasteiger partial charge on any atom is 0.270 e. The van der Waals surface area contributed by atoms with E-state index in [1.165, 1.54) is 4.68 Å². The van der Waals surface area contributed by atoms with Gasteiger partial charge in [0.25, 0.3) is 5.56 Å². The summed E-state index contributed by atoms with van der Waals surface area (Å²) in [4.78, 5) is 25.6. The van der Waals surface area contributed by atoms with Crippen molar-refractivity contribution in [2.45, 2.75) is 52.9 Å². The fourth-order valence-electron chi connectivity index (χ4n) is 3.38. The number of nitrogens with one attached hydrogen (secondary N) is 1. The summed E-state index contributed by atoms with van der Waals surface area (Å²) in [6.07, 6.45) is 5.95. The van der Waals surface area contributed by atoms with E-state index in [1.807, 2.05) is 26.1 Å². The average Bonchev–Trinajstić information content (AvgIpc) is 3.18. The zero-order valence-corrected chi connectivity index (χ0v) is 18.5. The molecule has 0 unspecified atom stereocenters. The van der Waals surface area contributed by atoms with Crippen molar-refractivity contribution in [2.24, 2.45) is 5.73 Å². The Morgan fingerprint density at radius 3 is 2.65 bits per heavy atom. The molecule has 0 radical (unpaired) electrons. The fourth-order valence-corrected chi connectivity index (χ4v) is 3.57. The van der Waals surface area contributed by atoms with Gasteiger partial charge in [-0.15, -0.1) is 0 Å². The van der Waals surface area contributed by atoms with Crippen LogP contribution in [0.15, 0.2) is 41.6 Å². The molecule has 2 aromatic heterocycles. The van der Waals surface area contributed by atoms with E-state index in [9.17, 15) is 9.59 Å². The number of benzene rings is 1. The number of rotatable bonds is 9. The summed E-state index contributed by atoms with van der Waals surface area (Å²) in [6, 6.07) is 5.41. The molecule has 3 aromatic rings. The summed E-state index contributed by atoms with van der Waals surface area (Å²) in [5, 5.41) is 12.0. The van der Waals surface area contributed by atoms with Crippen molar-refractivity contribution >= 4 is 17.5 Å². The Morgan fingerprint density at radius 2 is 1.97 bits per heavy atom. The Labute approximate surface area is 186 Å². The van der Waals surface area contributed by atoms with Gasteiger partial charge in [0, 0.05) is 29.9 Å². The number of aromatic nitrogens is 4. The molecule has 3 N–H and O–H groups in total. The Bertz CT molecular complexity index is 1120. The van der Waals surface area contributed by atoms with Crippen LogP contribution in [-0.2, 0) is 43.8 Å². The maximum atomic E-state index is 13.0. The molecule has 0 bridgehead atoms. The van der Waals surface area contributed by atoms with Gasteiger partial charge >= 0.3 is 0 Å². The van der Waals surface area contributed by atoms with Gasteiger partial charge in [0.1, 0.15) is 0 Å². The van der Waals surface area contributed by atoms with Crippen molar-refractivity contribution in [3.05, 3.63) is 80.0 Å². The molecule has 0 fully saturated rings. The molecule has 0 aliphatic carbocycles. The van der Waals surface area contributed by atoms with Crippen molar-refractivity contribution in [3.63, 3.8) is 0 Å². The summed E-state index contributed by atoms with van der Waals surface area (Å²) in [5.41, 5.74) is 9.59. The van der Waals surface area contributed by atoms with Crippen molar-refractivity contribution in [1.29, 1.82) is 0 Å². The smallest absolute Gasteiger partial charge is 0.270 e. The number of hydrogen-bond acceptors (Lipinski definition) is 5. The molecule has 0 atom stereocenters. The van der Waals surface area contributed by atoms with Crippen LogP contribution in [0.25, 0.3) is 0 Å². The van der Waals surface area contributed by atoms with Crippen LogP contribution < -0.4 is 16.6 Å². The van der Waals surface area contributed by atoms with Crippen molar-refractivity contribution in [3.8, 4) is 0 Å². The Kier molecular flexibility index (Phi) is 7.59. The van der Waals surface area contributed by atoms with Gasteiger partial charge in [-0.2, -0.15) is 10.2 Å². The summed E-state index contributed by atoms with van der Waals surface area (Å²) in [5.74, 6) is -0.241. The molecular formula is C22H27ClN6O2. The first-order chi connectivity index (χ1) is 14.9. The lowest BCUT2D eigenvalue weighted by molar-refractivity contribution is -0.120. The summed E-state index contributed by atoms with van der Waals surface area (Å²) >= 11 is 6.06. The summed E-state index contributed by atoms with van der Waals surface area (Å²) in [7, 11) is 0. The Morgan fingerprint density at radius 1 is 1.16 bits per heavy atom. The van der Waals surface area contributed by atoms with Crippen LogP contribution in [0, 0.1) is 6.92 Å². The number of carbonyl (C=O) groups is 1. The highest BCUT2D eigenvalue weighted by molar-refractivity contribution is 6.30. The molecule has 0 aliphatic rings. The highest BCUT2D eigenvalue weighted by Crippen LogP contribution is 2.16. The number of amides is 1. The topological polar surface area (TPSA) is 108 Å². The number of carbonyl (C=O) groups excluding carboxylic acids is 1. The molecule has 1 amide bonds. The first kappa shape index (κ1) is 22.7. The predicted octanol–water partition coefficient (Wildman–Crippen LogP) is 1.98. The van der Waals surface area contributed by atoms with Gasteiger partial charge in [0.05, 0.1) is 31.9 Å². The molecule has 9 heteroatoms. The highest BCUT2D eigenvalue weighted by Gasteiger charge is 2.15. The lowest BCUT2D eigenvalue weighted by Crippen LogP contribution is -2.33. The predicted molar refractivity (Wildman–Crippen MR) is 120 cm³/mol. The Hall–Kier alpha value is -2.97. The number of halogens is 1. The van der Waals surface area contributed by atoms with Crippen LogP contribution in [0.4, 0.5) is 0 Å². The molecular weight excluding hydrogens is 416 g/mol. The van der Waals surface area contributed by atoms with E-state index in [1.54, 1.807) is 29.2 Å². The van der Waals surface area contributed by atoms with E-state index >= 15 is 0 Å². The molecule has 2 heterocycles. The van der Waals surface area contributed by atoms with Gasteiger partial charge in [0.2, 0.25) is 5.91 Å². The van der Waals surface area contributed by atoms with Crippen LogP contribution in [0.1, 0.15) is 34.7 Å². The molecule has 0 saturated carbocycles. The second-order valence-electron chi connectivity index (χ2n) is 7.38. The van der Waals surface area contributed by atoms with Crippen molar-refractivity contribution in [2.75, 3.05) is 0 Å². The van der Waals surface area contributed by atoms with Crippen molar-refractivity contribution in [1.82, 2.24) is 24.9 Å². The van der Waals surface area contributed by atoms with Gasteiger partial charge in [0.15, 0.2) is 0 Å². The third kappa shape index (κ3) is 5.80. The SMILES string of the molecule is CCc1cnn(CCn2cc(C)cn2)c(=O)c1CC(=O)NCc1cc(Cl)ccc1CN. The monoisotopic (exact) mass is 442 g/mol. The minimum atomic E-state index is -0.246. The minimum Gasteiger partial charge on any atom is -0.352 e. The summed E-state index contributed by atoms with van der Waals surface area (Å²) < 4.78 is 3.16. The van der Waals surface area contributed by atoms with Gasteiger partial charge in [-0.1, -0.05) is 24.6 Å². The zero-order valence-electron chi connectivity index (χ0n) is 17.8. The van der Waals surface area contributed by atoms with Gasteiger partial charge in [-0.3, -0.25) is 14.3 Å². The quantitative estimate of drug-likeness (QED) is 0.526. The summed E-state index contributed by atoms with van der Waals surface area (Å²) in [6.45, 7) is 5.45. The van der Waals surface area contributed by atoms with Gasteiger partial charge < -0.3 is 11.1 Å². The van der Waals surface area contributed by atoms with E-state index in [4.69, 9.17) is 17.3 Å². The Balaban J connectivity index is 1.71. The number of aryl methyl sites for hydroxylation is 4. The van der Waals surface area contributed by atoms with E-state index < -0.39 is 0 Å². The molecule has 0 aliphatic heterocycles. The van der Waals surface area contributed by atoms with Crippen LogP contribution in [0.3, 0.4) is 0 Å². The molecule has 3 rings (SSSR count). The van der Waals surface area contributed by atoms with Crippen LogP contribution in [-0.4, -0.2) is 25.5 Å². The fraction of sp³-hybridized carbons (Fsp3) is 0.364. The number of nitrogens with two attached hydrogens (primary N) is 1. The first-order valence-electron chi connectivity index (χ1n) is 10.2. The minimum absolute atomic E-state index is 0.00999. The molecule has 1 aromatic carbocycles. The number of nitrogens with zero attached hydrogens (tertiary/aromatic N) is 4. The second kappa shape index (κ2) is 10.4. The van der Waals surface area contributed by atoms with E-state index in [0.717, 1.165) is 22.3 Å². The highest BCUT2D eigenvalue weighted by atomic mass is 35.5. The number of hydrogen-bond donors (Lipinski definition) is 2. The largest absolute Gasteiger partial charge is 0.352 e. The lowest BCUT2D eigenvalue weighted by atomic mass is 10.1. The van der Waals surface area contributed by atoms with Gasteiger partial charge in [-0.05, 0) is 47.7 Å². The van der Waals surface area contributed by atoms with Crippen LogP contribution >= 0.6 is 11.6 Å². The molecule has 164 valence electrons. The van der Waals surface area contributed by atoms with E-state index in [2.05, 4.69) is 15.5 Å². The maximum absolute atomic E-state index is 13.0. The third-order valence-corrected chi connectivity index (χ3v) is 5.35. The van der Waals surface area contributed by atoms with Crippen LogP contribution in [0.2, 0.25) is 5.02 Å². The van der Waals surface area contributed by atoms with Crippen molar-refractivity contribution < 1.29 is 4.79 Å². The first-order valence-corrected chi connectivity index (χ1v) is 10.6. The van der Waals surface area contributed by atoms with Gasteiger partial charge in [-0.25, -0.2) is 4.68 Å². The molecule has 0 spiro atoms. The molecule has 31 heavy (non-hydrogen) atoms. The molecule has 0 saturated heterocycles. The van der Waals surface area contributed by atoms with E-state index in [0.29, 0.717) is 43.2 Å². The van der Waals surface area contributed by atoms with Crippen LogP contribution in [0.5, 0.6) is 0 Å². The lowest BCUT2D eigenvalue weighted by Gasteiger charge is -2.13. The average molecular weight is 443 g/mol. The van der Waals surface area contributed by atoms with E-state index in [-0.39, 0.29) is 17.9 Å². The third-order valence-electron chi connectivity index (χ3n) is 5.12. The second-order valence-corrected chi connectivity index (χ2v) is 7.82. The standard InChI is InChI=1S/C22H27ClN6O2/c1-3-16-13-27-29(7-6-28-14-15(2)11-26-28)22(31)20(16)9-21(30)25-12-18-8-19(23)5-4-17(18)10-24/h4-5,8,11,13-14H,3,6-7,9-10,12,24H2,1-2H3,(H,25,30).